The number of hydrogen-bond acceptors (Lipinski definition) is 2. The molecule has 0 aliphatic heterocycles. The van der Waals surface area contributed by atoms with Gasteiger partial charge < -0.3 is 9.72 Å². The summed E-state index contributed by atoms with van der Waals surface area (Å²) >= 11 is 0. The van der Waals surface area contributed by atoms with Crippen LogP contribution in [0.25, 0.3) is 5.65 Å². The Balaban J connectivity index is 1.67. The van der Waals surface area contributed by atoms with Crippen LogP contribution in [0.5, 0.6) is 0 Å². The minimum Gasteiger partial charge on any atom is -0.308 e. The lowest BCUT2D eigenvalue weighted by Crippen LogP contribution is -2.35. The van der Waals surface area contributed by atoms with E-state index < -0.39 is 0 Å². The van der Waals surface area contributed by atoms with Crippen molar-refractivity contribution in [3.05, 3.63) is 35.8 Å². The van der Waals surface area contributed by atoms with Crippen molar-refractivity contribution < 1.29 is 0 Å². The van der Waals surface area contributed by atoms with Crippen LogP contribution in [-0.2, 0) is 6.54 Å². The molecule has 1 fully saturated rings. The molecule has 0 bridgehead atoms. The summed E-state index contributed by atoms with van der Waals surface area (Å²) in [5, 5.41) is 3.73. The molecule has 2 heterocycles. The van der Waals surface area contributed by atoms with Crippen molar-refractivity contribution in [2.75, 3.05) is 0 Å². The molecule has 1 aliphatic rings. The number of pyridine rings is 1. The summed E-state index contributed by atoms with van der Waals surface area (Å²) < 4.78 is 2.20. The molecule has 108 valence electrons. The van der Waals surface area contributed by atoms with E-state index in [0.717, 1.165) is 17.9 Å². The maximum atomic E-state index is 4.62. The Morgan fingerprint density at radius 2 is 2.05 bits per heavy atom. The highest BCUT2D eigenvalue weighted by Gasteiger charge is 2.26. The Morgan fingerprint density at radius 1 is 1.30 bits per heavy atom. The summed E-state index contributed by atoms with van der Waals surface area (Å²) in [4.78, 5) is 4.62. The fourth-order valence-electron chi connectivity index (χ4n) is 3.22. The van der Waals surface area contributed by atoms with Crippen LogP contribution in [-0.4, -0.2) is 15.4 Å². The van der Waals surface area contributed by atoms with Crippen molar-refractivity contribution in [3.63, 3.8) is 0 Å². The van der Waals surface area contributed by atoms with Crippen LogP contribution in [0.2, 0.25) is 0 Å². The van der Waals surface area contributed by atoms with Crippen molar-refractivity contribution in [1.29, 1.82) is 0 Å². The lowest BCUT2D eigenvalue weighted by Gasteiger charge is -2.34. The summed E-state index contributed by atoms with van der Waals surface area (Å²) in [5.74, 6) is 0. The number of nitrogens with zero attached hydrogens (tertiary/aromatic N) is 2. The van der Waals surface area contributed by atoms with Gasteiger partial charge in [-0.05, 0) is 50.2 Å². The van der Waals surface area contributed by atoms with E-state index in [1.54, 1.807) is 0 Å². The molecule has 3 rings (SSSR count). The zero-order chi connectivity index (χ0) is 14.2. The Bertz CT molecular complexity index is 587. The van der Waals surface area contributed by atoms with E-state index in [1.165, 1.54) is 31.4 Å². The third-order valence-electron chi connectivity index (χ3n) is 4.73. The summed E-state index contributed by atoms with van der Waals surface area (Å²) in [7, 11) is 0. The summed E-state index contributed by atoms with van der Waals surface area (Å²) in [6.45, 7) is 7.80. The number of imidazole rings is 1. The summed E-state index contributed by atoms with van der Waals surface area (Å²) in [6, 6.07) is 6.85. The molecule has 0 atom stereocenters. The molecule has 2 aromatic rings. The fourth-order valence-corrected chi connectivity index (χ4v) is 3.22. The number of fused-ring (bicyclic) bond motifs is 1. The first-order valence-corrected chi connectivity index (χ1v) is 7.71. The second-order valence-corrected chi connectivity index (χ2v) is 6.89. The molecular weight excluding hydrogens is 246 g/mol. The first-order chi connectivity index (χ1) is 9.55. The molecule has 0 saturated heterocycles. The molecule has 0 spiro atoms. The topological polar surface area (TPSA) is 29.3 Å². The van der Waals surface area contributed by atoms with Gasteiger partial charge >= 0.3 is 0 Å². The van der Waals surface area contributed by atoms with Crippen LogP contribution in [0.3, 0.4) is 0 Å². The summed E-state index contributed by atoms with van der Waals surface area (Å²) in [6.07, 6.45) is 7.36. The summed E-state index contributed by atoms with van der Waals surface area (Å²) in [5.41, 5.74) is 4.02. The van der Waals surface area contributed by atoms with Gasteiger partial charge in [-0.1, -0.05) is 19.9 Å². The highest BCUT2D eigenvalue weighted by molar-refractivity contribution is 5.42. The maximum absolute atomic E-state index is 4.62. The van der Waals surface area contributed by atoms with Gasteiger partial charge in [0.05, 0.1) is 11.4 Å². The molecule has 0 radical (unpaired) electrons. The SMILES string of the molecule is Cc1nc2ccccn2c1CNC1CCC(C)(C)CC1. The van der Waals surface area contributed by atoms with E-state index in [9.17, 15) is 0 Å². The van der Waals surface area contributed by atoms with Crippen LogP contribution in [0.15, 0.2) is 24.4 Å². The van der Waals surface area contributed by atoms with Crippen molar-refractivity contribution in [2.45, 2.75) is 59.0 Å². The molecule has 1 saturated carbocycles. The lowest BCUT2D eigenvalue weighted by molar-refractivity contribution is 0.205. The molecule has 20 heavy (non-hydrogen) atoms. The van der Waals surface area contributed by atoms with Crippen LogP contribution in [0.1, 0.15) is 50.9 Å². The van der Waals surface area contributed by atoms with Gasteiger partial charge in [-0.3, -0.25) is 0 Å². The second kappa shape index (κ2) is 5.21. The van der Waals surface area contributed by atoms with E-state index in [0.29, 0.717) is 11.5 Å². The minimum atomic E-state index is 0.539. The second-order valence-electron chi connectivity index (χ2n) is 6.89. The predicted molar refractivity (Wildman–Crippen MR) is 82.8 cm³/mol. The van der Waals surface area contributed by atoms with Crippen LogP contribution in [0, 0.1) is 12.3 Å². The molecule has 2 aromatic heterocycles. The van der Waals surface area contributed by atoms with E-state index >= 15 is 0 Å². The molecule has 0 unspecified atom stereocenters. The first-order valence-electron chi connectivity index (χ1n) is 7.71. The standard InChI is InChI=1S/C17H25N3/c1-13-15(20-11-5-4-6-16(20)19-13)12-18-14-7-9-17(2,3)10-8-14/h4-6,11,14,18H,7-10,12H2,1-3H3. The largest absolute Gasteiger partial charge is 0.308 e. The molecular formula is C17H25N3. The third kappa shape index (κ3) is 2.73. The Morgan fingerprint density at radius 3 is 2.80 bits per heavy atom. The minimum absolute atomic E-state index is 0.539. The van der Waals surface area contributed by atoms with Gasteiger partial charge in [0.2, 0.25) is 0 Å². The highest BCUT2D eigenvalue weighted by Crippen LogP contribution is 2.35. The molecule has 3 heteroatoms. The van der Waals surface area contributed by atoms with E-state index in [4.69, 9.17) is 0 Å². The van der Waals surface area contributed by atoms with Crippen LogP contribution >= 0.6 is 0 Å². The van der Waals surface area contributed by atoms with Crippen molar-refractivity contribution >= 4 is 5.65 Å². The van der Waals surface area contributed by atoms with Crippen molar-refractivity contribution in [1.82, 2.24) is 14.7 Å². The first kappa shape index (κ1) is 13.6. The van der Waals surface area contributed by atoms with Gasteiger partial charge in [0.1, 0.15) is 5.65 Å². The van der Waals surface area contributed by atoms with Gasteiger partial charge in [0.15, 0.2) is 0 Å². The highest BCUT2D eigenvalue weighted by atomic mass is 15.0. The van der Waals surface area contributed by atoms with E-state index in [1.807, 2.05) is 6.07 Å². The number of aryl methyl sites for hydroxylation is 1. The van der Waals surface area contributed by atoms with Crippen molar-refractivity contribution in [2.24, 2.45) is 5.41 Å². The predicted octanol–water partition coefficient (Wildman–Crippen LogP) is 3.70. The molecule has 0 amide bonds. The number of nitrogens with one attached hydrogen (secondary N) is 1. The molecule has 3 nitrogen and oxygen atoms in total. The smallest absolute Gasteiger partial charge is 0.137 e. The van der Waals surface area contributed by atoms with Crippen LogP contribution < -0.4 is 5.32 Å². The molecule has 0 aromatic carbocycles. The van der Waals surface area contributed by atoms with E-state index in [2.05, 4.69) is 53.8 Å². The lowest BCUT2D eigenvalue weighted by atomic mass is 9.75. The van der Waals surface area contributed by atoms with Gasteiger partial charge in [-0.15, -0.1) is 0 Å². The van der Waals surface area contributed by atoms with E-state index in [-0.39, 0.29) is 0 Å². The zero-order valence-corrected chi connectivity index (χ0v) is 12.8. The van der Waals surface area contributed by atoms with Gasteiger partial charge in [0.25, 0.3) is 0 Å². The molecule has 1 aliphatic carbocycles. The third-order valence-corrected chi connectivity index (χ3v) is 4.73. The van der Waals surface area contributed by atoms with Gasteiger partial charge in [-0.25, -0.2) is 4.98 Å². The number of rotatable bonds is 3. The maximum Gasteiger partial charge on any atom is 0.137 e. The average Bonchev–Trinajstić information content (AvgIpc) is 2.73. The van der Waals surface area contributed by atoms with Gasteiger partial charge in [-0.2, -0.15) is 0 Å². The fraction of sp³-hybridized carbons (Fsp3) is 0.588. The Kier molecular flexibility index (Phi) is 3.55. The Hall–Kier alpha value is -1.35. The number of aromatic nitrogens is 2. The normalized spacial score (nSPS) is 19.6. The monoisotopic (exact) mass is 271 g/mol. The Labute approximate surface area is 121 Å². The zero-order valence-electron chi connectivity index (χ0n) is 12.8. The van der Waals surface area contributed by atoms with Gasteiger partial charge in [0, 0.05) is 18.8 Å². The quantitative estimate of drug-likeness (QED) is 0.922. The number of hydrogen-bond donors (Lipinski definition) is 1. The average molecular weight is 271 g/mol. The van der Waals surface area contributed by atoms with Crippen LogP contribution in [0.4, 0.5) is 0 Å². The van der Waals surface area contributed by atoms with Crippen molar-refractivity contribution in [3.8, 4) is 0 Å². The molecule has 1 N–H and O–H groups in total.